The van der Waals surface area contributed by atoms with Gasteiger partial charge in [-0.1, -0.05) is 54.6 Å². The van der Waals surface area contributed by atoms with E-state index in [0.29, 0.717) is 31.7 Å². The first kappa shape index (κ1) is 24.8. The minimum atomic E-state index is -0.0383. The van der Waals surface area contributed by atoms with Crippen LogP contribution in [-0.2, 0) is 11.2 Å². The summed E-state index contributed by atoms with van der Waals surface area (Å²) >= 11 is 1.82. The zero-order chi connectivity index (χ0) is 26.2. The summed E-state index contributed by atoms with van der Waals surface area (Å²) in [5.41, 5.74) is 4.57. The molecule has 0 spiro atoms. The zero-order valence-electron chi connectivity index (χ0n) is 22.0. The number of benzene rings is 3. The summed E-state index contributed by atoms with van der Waals surface area (Å²) in [5, 5.41) is 4.37. The van der Waals surface area contributed by atoms with Gasteiger partial charge in [-0.25, -0.2) is 0 Å². The highest BCUT2D eigenvalue weighted by atomic mass is 32.1. The molecule has 0 radical (unpaired) electrons. The third kappa shape index (κ3) is 4.63. The summed E-state index contributed by atoms with van der Waals surface area (Å²) in [6.07, 6.45) is 0.979. The number of thiophene rings is 1. The van der Waals surface area contributed by atoms with E-state index in [4.69, 9.17) is 0 Å². The average Bonchev–Trinajstić information content (AvgIpc) is 3.42. The van der Waals surface area contributed by atoms with Crippen LogP contribution in [0.4, 0.5) is 0 Å². The van der Waals surface area contributed by atoms with Gasteiger partial charge in [0.15, 0.2) is 0 Å². The molecule has 2 amide bonds. The molecular formula is C32H33N3O2S. The van der Waals surface area contributed by atoms with E-state index >= 15 is 0 Å². The largest absolute Gasteiger partial charge is 0.338 e. The minimum absolute atomic E-state index is 0.0380. The third-order valence-corrected chi connectivity index (χ3v) is 9.12. The van der Waals surface area contributed by atoms with Crippen LogP contribution in [0.1, 0.15) is 44.9 Å². The number of hydrogen-bond donors (Lipinski definition) is 0. The molecule has 0 aliphatic carbocycles. The average molecular weight is 524 g/mol. The van der Waals surface area contributed by atoms with Crippen LogP contribution in [0.5, 0.6) is 0 Å². The quantitative estimate of drug-likeness (QED) is 0.353. The smallest absolute Gasteiger partial charge is 0.254 e. The number of piperazine rings is 1. The second-order valence-corrected chi connectivity index (χ2v) is 11.5. The molecule has 3 heterocycles. The Kier molecular flexibility index (Phi) is 6.76. The summed E-state index contributed by atoms with van der Waals surface area (Å²) in [6, 6.07) is 24.8. The van der Waals surface area contributed by atoms with Gasteiger partial charge in [0.2, 0.25) is 5.91 Å². The monoisotopic (exact) mass is 523 g/mol. The second-order valence-electron chi connectivity index (χ2n) is 10.5. The topological polar surface area (TPSA) is 43.9 Å². The molecule has 1 saturated heterocycles. The fraction of sp³-hybridized carbons (Fsp3) is 0.312. The third-order valence-electron chi connectivity index (χ3n) is 8.12. The Balaban J connectivity index is 1.15. The number of hydrogen-bond acceptors (Lipinski definition) is 4. The Morgan fingerprint density at radius 3 is 2.50 bits per heavy atom. The number of rotatable bonds is 4. The predicted octanol–water partition coefficient (Wildman–Crippen LogP) is 5.53. The van der Waals surface area contributed by atoms with E-state index in [9.17, 15) is 9.59 Å². The Hall–Kier alpha value is -3.48. The van der Waals surface area contributed by atoms with E-state index in [1.807, 2.05) is 64.5 Å². The molecule has 38 heavy (non-hydrogen) atoms. The summed E-state index contributed by atoms with van der Waals surface area (Å²) in [5.74, 6) is 0.183. The van der Waals surface area contributed by atoms with Crippen LogP contribution >= 0.6 is 11.3 Å². The summed E-state index contributed by atoms with van der Waals surface area (Å²) in [7, 11) is 0. The fourth-order valence-electron chi connectivity index (χ4n) is 6.04. The molecular weight excluding hydrogens is 490 g/mol. The molecule has 0 bridgehead atoms. The first-order valence-corrected chi connectivity index (χ1v) is 14.3. The van der Waals surface area contributed by atoms with Gasteiger partial charge in [-0.2, -0.15) is 0 Å². The molecule has 2 aliphatic rings. The lowest BCUT2D eigenvalue weighted by Gasteiger charge is -2.42. The number of fused-ring (bicyclic) bond motifs is 2. The van der Waals surface area contributed by atoms with Crippen molar-refractivity contribution in [3.8, 4) is 0 Å². The Labute approximate surface area is 228 Å². The van der Waals surface area contributed by atoms with Crippen LogP contribution in [0, 0.1) is 6.92 Å². The van der Waals surface area contributed by atoms with Crippen LogP contribution < -0.4 is 0 Å². The van der Waals surface area contributed by atoms with Gasteiger partial charge in [0.25, 0.3) is 5.91 Å². The molecule has 3 aromatic carbocycles. The van der Waals surface area contributed by atoms with Crippen molar-refractivity contribution < 1.29 is 9.59 Å². The molecule has 4 aromatic rings. The van der Waals surface area contributed by atoms with E-state index in [1.54, 1.807) is 0 Å². The number of carbonyl (C=O) groups excluding carboxylic acids is 2. The zero-order valence-corrected chi connectivity index (χ0v) is 22.8. The second kappa shape index (κ2) is 10.4. The van der Waals surface area contributed by atoms with Crippen LogP contribution in [0.3, 0.4) is 0 Å². The summed E-state index contributed by atoms with van der Waals surface area (Å²) < 4.78 is 0. The molecule has 1 fully saturated rings. The Bertz CT molecular complexity index is 1490. The lowest BCUT2D eigenvalue weighted by atomic mass is 9.90. The predicted molar refractivity (Wildman–Crippen MR) is 154 cm³/mol. The van der Waals surface area contributed by atoms with Crippen molar-refractivity contribution >= 4 is 33.9 Å². The van der Waals surface area contributed by atoms with Crippen LogP contribution in [0.2, 0.25) is 0 Å². The van der Waals surface area contributed by atoms with Crippen molar-refractivity contribution in [3.05, 3.63) is 105 Å². The fourth-order valence-corrected chi connectivity index (χ4v) is 6.95. The van der Waals surface area contributed by atoms with Crippen molar-refractivity contribution in [2.24, 2.45) is 0 Å². The van der Waals surface area contributed by atoms with Crippen molar-refractivity contribution in [1.82, 2.24) is 14.7 Å². The molecule has 6 rings (SSSR count). The highest BCUT2D eigenvalue weighted by Gasteiger charge is 2.35. The molecule has 5 nitrogen and oxygen atoms in total. The van der Waals surface area contributed by atoms with Gasteiger partial charge in [-0.15, -0.1) is 11.3 Å². The highest BCUT2D eigenvalue weighted by Crippen LogP contribution is 2.38. The lowest BCUT2D eigenvalue weighted by Crippen LogP contribution is -2.57. The van der Waals surface area contributed by atoms with Crippen molar-refractivity contribution in [1.29, 1.82) is 0 Å². The maximum absolute atomic E-state index is 13.6. The van der Waals surface area contributed by atoms with Gasteiger partial charge in [0.1, 0.15) is 0 Å². The van der Waals surface area contributed by atoms with Gasteiger partial charge in [-0.3, -0.25) is 14.5 Å². The van der Waals surface area contributed by atoms with Crippen molar-refractivity contribution in [3.63, 3.8) is 0 Å². The van der Waals surface area contributed by atoms with Crippen molar-refractivity contribution in [2.45, 2.75) is 32.4 Å². The van der Waals surface area contributed by atoms with Crippen LogP contribution in [-0.4, -0.2) is 65.3 Å². The molecule has 2 aliphatic heterocycles. The first-order valence-electron chi connectivity index (χ1n) is 13.4. The van der Waals surface area contributed by atoms with E-state index in [2.05, 4.69) is 53.6 Å². The van der Waals surface area contributed by atoms with E-state index in [0.717, 1.165) is 23.7 Å². The Morgan fingerprint density at radius 2 is 1.68 bits per heavy atom. The van der Waals surface area contributed by atoms with Gasteiger partial charge >= 0.3 is 0 Å². The van der Waals surface area contributed by atoms with Gasteiger partial charge in [0, 0.05) is 42.7 Å². The van der Waals surface area contributed by atoms with Crippen LogP contribution in [0.15, 0.2) is 78.2 Å². The number of carbonyl (C=O) groups is 2. The standard InChI is InChI=1S/C32H33N3O2S/c1-22-7-3-6-10-27(22)31-28-14-18-38-29(28)13-15-34(31)21-30(36)33-16-17-35(23(2)20-33)32(37)26-12-11-24-8-4-5-9-25(24)19-26/h3-12,14,18-19,23,31H,13,15-17,20-21H2,1-2H3. The maximum Gasteiger partial charge on any atom is 0.254 e. The molecule has 1 aromatic heterocycles. The lowest BCUT2D eigenvalue weighted by molar-refractivity contribution is -0.135. The SMILES string of the molecule is Cc1ccccc1C1c2ccsc2CCN1CC(=O)N1CCN(C(=O)c2ccc3ccccc3c2)C(C)C1. The number of nitrogens with zero attached hydrogens (tertiary/aromatic N) is 3. The molecule has 194 valence electrons. The van der Waals surface area contributed by atoms with E-state index < -0.39 is 0 Å². The van der Waals surface area contributed by atoms with E-state index in [-0.39, 0.29) is 23.9 Å². The maximum atomic E-state index is 13.6. The normalized spacial score (nSPS) is 19.9. The van der Waals surface area contributed by atoms with Crippen LogP contribution in [0.25, 0.3) is 10.8 Å². The Morgan fingerprint density at radius 1 is 0.895 bits per heavy atom. The molecule has 0 saturated carbocycles. The molecule has 0 N–H and O–H groups in total. The van der Waals surface area contributed by atoms with Gasteiger partial charge in [0.05, 0.1) is 12.6 Å². The number of aryl methyl sites for hydroxylation is 1. The molecule has 2 atom stereocenters. The van der Waals surface area contributed by atoms with E-state index in [1.165, 1.54) is 21.6 Å². The molecule has 6 heteroatoms. The van der Waals surface area contributed by atoms with Gasteiger partial charge in [-0.05, 0) is 71.3 Å². The molecule has 2 unspecified atom stereocenters. The summed E-state index contributed by atoms with van der Waals surface area (Å²) in [6.45, 7) is 7.14. The highest BCUT2D eigenvalue weighted by molar-refractivity contribution is 7.10. The first-order chi connectivity index (χ1) is 18.5. The van der Waals surface area contributed by atoms with Gasteiger partial charge < -0.3 is 9.80 Å². The minimum Gasteiger partial charge on any atom is -0.338 e. The summed E-state index contributed by atoms with van der Waals surface area (Å²) in [4.78, 5) is 34.6. The van der Waals surface area contributed by atoms with Crippen molar-refractivity contribution in [2.75, 3.05) is 32.7 Å². The number of amides is 2.